The number of rotatable bonds is 22. The summed E-state index contributed by atoms with van der Waals surface area (Å²) in [6.07, 6.45) is 1.79. The number of aryl methyl sites for hydroxylation is 1. The van der Waals surface area contributed by atoms with E-state index in [2.05, 4.69) is 32.3 Å². The van der Waals surface area contributed by atoms with Crippen molar-refractivity contribution in [2.75, 3.05) is 90.5 Å². The van der Waals surface area contributed by atoms with Crippen LogP contribution in [0.3, 0.4) is 0 Å². The lowest BCUT2D eigenvalue weighted by molar-refractivity contribution is -0.139. The summed E-state index contributed by atoms with van der Waals surface area (Å²) in [7, 11) is 1.84. The van der Waals surface area contributed by atoms with E-state index in [4.69, 9.17) is 23.7 Å². The number of alkyl halides is 3. The Morgan fingerprint density at radius 1 is 0.968 bits per heavy atom. The number of anilines is 1. The third-order valence-electron chi connectivity index (χ3n) is 11.5. The number of piperidine rings is 1. The normalized spacial score (nSPS) is 18.6. The van der Waals surface area contributed by atoms with E-state index < -0.39 is 34.9 Å². The van der Waals surface area contributed by atoms with Gasteiger partial charge in [-0.15, -0.1) is 10.2 Å². The lowest BCUT2D eigenvalue weighted by atomic mass is 9.75. The molecular weight excluding hydrogens is 830 g/mol. The number of aromatic nitrogens is 4. The smallest absolute Gasteiger partial charge is 0.416 e. The van der Waals surface area contributed by atoms with Gasteiger partial charge < -0.3 is 33.6 Å². The quantitative estimate of drug-likeness (QED) is 0.115. The van der Waals surface area contributed by atoms with Crippen LogP contribution in [0, 0.1) is 5.92 Å². The van der Waals surface area contributed by atoms with Gasteiger partial charge >= 0.3 is 6.18 Å². The molecule has 63 heavy (non-hydrogen) atoms. The predicted octanol–water partition coefficient (Wildman–Crippen LogP) is 2.99. The molecule has 1 N–H and O–H groups in total. The highest BCUT2D eigenvalue weighted by atomic mass is 19.4. The number of hydrogen-bond acceptors (Lipinski definition) is 13. The summed E-state index contributed by atoms with van der Waals surface area (Å²) in [4.78, 5) is 58.4. The summed E-state index contributed by atoms with van der Waals surface area (Å²) in [6.45, 7) is 6.32. The Bertz CT molecular complexity index is 2140. The number of likely N-dealkylation sites (tertiary alicyclic amines) is 1. The number of fused-ring (bicyclic) bond motifs is 1. The molecule has 0 saturated carbocycles. The van der Waals surface area contributed by atoms with Gasteiger partial charge in [-0.2, -0.15) is 18.2 Å². The molecule has 2 aromatic heterocycles. The molecule has 2 fully saturated rings. The predicted molar refractivity (Wildman–Crippen MR) is 219 cm³/mol. The van der Waals surface area contributed by atoms with Crippen molar-refractivity contribution in [3.63, 3.8) is 0 Å². The first-order valence-corrected chi connectivity index (χ1v) is 21.2. The third-order valence-corrected chi connectivity index (χ3v) is 11.5. The molecule has 0 unspecified atom stereocenters. The summed E-state index contributed by atoms with van der Waals surface area (Å²) in [5.74, 6) is -0.230. The summed E-state index contributed by atoms with van der Waals surface area (Å²) < 4.78 is 74.3. The van der Waals surface area contributed by atoms with E-state index in [1.165, 1.54) is 23.1 Å². The highest BCUT2D eigenvalue weighted by Crippen LogP contribution is 2.42. The van der Waals surface area contributed by atoms with Gasteiger partial charge in [-0.3, -0.25) is 33.9 Å². The van der Waals surface area contributed by atoms with Crippen molar-refractivity contribution < 1.29 is 56.0 Å². The van der Waals surface area contributed by atoms with Crippen molar-refractivity contribution in [1.82, 2.24) is 34.9 Å². The summed E-state index contributed by atoms with van der Waals surface area (Å²) in [5, 5.41) is 10.9. The number of pyridine rings is 1. The first-order chi connectivity index (χ1) is 30.3. The number of halogens is 3. The minimum atomic E-state index is -4.67. The van der Waals surface area contributed by atoms with Crippen LogP contribution in [-0.2, 0) is 71.5 Å². The number of hydrogen-bond donors (Lipinski definition) is 1. The molecule has 1 atom stereocenters. The maximum atomic E-state index is 14.7. The summed E-state index contributed by atoms with van der Waals surface area (Å²) in [5.41, 5.74) is -0.258. The van der Waals surface area contributed by atoms with Crippen LogP contribution >= 0.6 is 0 Å². The number of imide groups is 1. The lowest BCUT2D eigenvalue weighted by Crippen LogP contribution is -2.49. The first-order valence-electron chi connectivity index (χ1n) is 21.2. The molecule has 2 saturated heterocycles. The van der Waals surface area contributed by atoms with Crippen molar-refractivity contribution in [2.24, 2.45) is 13.0 Å². The van der Waals surface area contributed by atoms with Gasteiger partial charge in [0.25, 0.3) is 17.7 Å². The van der Waals surface area contributed by atoms with E-state index >= 15 is 0 Å². The zero-order valence-corrected chi connectivity index (χ0v) is 35.5. The number of nitrogens with one attached hydrogen (secondary N) is 1. The van der Waals surface area contributed by atoms with Gasteiger partial charge in [-0.05, 0) is 60.2 Å². The SMILES string of the molecule is C[C@H]1CCCN(Cc2cc3c(c(C(F)(F)F)c2)CN(c2cc(C4(Cc5nncn5C)COC4)cc(OCCOCCOCCOCCNC(=O)CCN4C(=O)C=CC4=O)n2)C3=O)C1. The fourth-order valence-corrected chi connectivity index (χ4v) is 8.15. The molecule has 6 heterocycles. The minimum Gasteiger partial charge on any atom is -0.475 e. The van der Waals surface area contributed by atoms with E-state index in [-0.39, 0.29) is 94.4 Å². The minimum absolute atomic E-state index is 0.00138. The fraction of sp³-hybridized carbons (Fsp3) is 0.558. The Morgan fingerprint density at radius 3 is 2.33 bits per heavy atom. The Hall–Kier alpha value is -5.28. The summed E-state index contributed by atoms with van der Waals surface area (Å²) >= 11 is 0. The largest absolute Gasteiger partial charge is 0.475 e. The van der Waals surface area contributed by atoms with Gasteiger partial charge in [-0.25, -0.2) is 0 Å². The van der Waals surface area contributed by atoms with Gasteiger partial charge in [0.2, 0.25) is 11.8 Å². The van der Waals surface area contributed by atoms with Crippen molar-refractivity contribution >= 4 is 29.4 Å². The van der Waals surface area contributed by atoms with Crippen LogP contribution in [0.4, 0.5) is 19.0 Å². The monoisotopic (exact) mass is 882 g/mol. The molecule has 20 heteroatoms. The number of benzene rings is 1. The van der Waals surface area contributed by atoms with Crippen LogP contribution < -0.4 is 15.0 Å². The average molecular weight is 883 g/mol. The lowest BCUT2D eigenvalue weighted by Gasteiger charge is -2.42. The molecular formula is C43H53F3N8O9. The van der Waals surface area contributed by atoms with E-state index in [9.17, 15) is 32.3 Å². The van der Waals surface area contributed by atoms with E-state index in [0.29, 0.717) is 50.1 Å². The maximum absolute atomic E-state index is 14.7. The van der Waals surface area contributed by atoms with Crippen LogP contribution in [0.1, 0.15) is 64.6 Å². The molecule has 4 aliphatic rings. The van der Waals surface area contributed by atoms with Gasteiger partial charge in [0.1, 0.15) is 24.6 Å². The standard InChI is InChI=1S/C43H53F3N8O9/c1-29-4-3-9-52(23-29)24-30-18-32-33(34(19-30)43(44,45)46)25-54(41(32)58)35-20-31(42(26-62-27-42)22-36-50-48-28-51(36)2)21-38(49-35)63-17-16-61-15-14-60-13-12-59-11-8-47-37(55)7-10-53-39(56)5-6-40(53)57/h5-6,18-21,28-29H,3-4,7-17,22-27H2,1-2H3,(H,47,55)/t29-/m0/s1. The molecule has 4 amide bonds. The van der Waals surface area contributed by atoms with E-state index in [0.717, 1.165) is 36.4 Å². The molecule has 17 nitrogen and oxygen atoms in total. The second kappa shape index (κ2) is 20.5. The molecule has 0 radical (unpaired) electrons. The number of nitrogens with zero attached hydrogens (tertiary/aromatic N) is 7. The molecule has 0 aliphatic carbocycles. The van der Waals surface area contributed by atoms with Crippen molar-refractivity contribution in [3.05, 3.63) is 76.4 Å². The maximum Gasteiger partial charge on any atom is 0.416 e. The van der Waals surface area contributed by atoms with Gasteiger partial charge in [0.05, 0.1) is 65.0 Å². The van der Waals surface area contributed by atoms with Crippen LogP contribution in [0.25, 0.3) is 0 Å². The van der Waals surface area contributed by atoms with Crippen molar-refractivity contribution in [1.29, 1.82) is 0 Å². The zero-order chi connectivity index (χ0) is 44.6. The highest BCUT2D eigenvalue weighted by molar-refractivity contribution is 6.13. The van der Waals surface area contributed by atoms with Gasteiger partial charge in [-0.1, -0.05) is 6.92 Å². The van der Waals surface area contributed by atoms with Crippen molar-refractivity contribution in [2.45, 2.75) is 57.3 Å². The second-order valence-electron chi connectivity index (χ2n) is 16.3. The summed E-state index contributed by atoms with van der Waals surface area (Å²) in [6, 6.07) is 6.29. The van der Waals surface area contributed by atoms with Crippen LogP contribution in [0.2, 0.25) is 0 Å². The van der Waals surface area contributed by atoms with Gasteiger partial charge in [0.15, 0.2) is 0 Å². The number of carbonyl (C=O) groups excluding carboxylic acids is 4. The van der Waals surface area contributed by atoms with Crippen molar-refractivity contribution in [3.8, 4) is 5.88 Å². The average Bonchev–Trinajstić information content (AvgIpc) is 3.90. The number of ether oxygens (including phenoxy) is 5. The Labute approximate surface area is 362 Å². The zero-order valence-electron chi connectivity index (χ0n) is 35.5. The van der Waals surface area contributed by atoms with Crippen LogP contribution in [0.5, 0.6) is 5.88 Å². The van der Waals surface area contributed by atoms with Crippen LogP contribution in [0.15, 0.2) is 42.7 Å². The molecule has 4 aliphatic heterocycles. The van der Waals surface area contributed by atoms with Crippen LogP contribution in [-0.4, -0.2) is 139 Å². The molecule has 0 bridgehead atoms. The molecule has 7 rings (SSSR count). The molecule has 0 spiro atoms. The fourth-order valence-electron chi connectivity index (χ4n) is 8.15. The molecule has 1 aromatic carbocycles. The molecule has 3 aromatic rings. The van der Waals surface area contributed by atoms with E-state index in [1.807, 2.05) is 11.6 Å². The van der Waals surface area contributed by atoms with E-state index in [1.54, 1.807) is 24.5 Å². The third kappa shape index (κ3) is 11.5. The Morgan fingerprint density at radius 2 is 1.68 bits per heavy atom. The Kier molecular flexibility index (Phi) is 14.9. The topological polar surface area (TPSA) is 180 Å². The van der Waals surface area contributed by atoms with Gasteiger partial charge in [0, 0.05) is 75.3 Å². The molecule has 340 valence electrons. The second-order valence-corrected chi connectivity index (χ2v) is 16.3. The highest BCUT2D eigenvalue weighted by Gasteiger charge is 2.44. The number of carbonyl (C=O) groups is 4. The number of amides is 4. The first kappa shape index (κ1) is 45.7. The Balaban J connectivity index is 0.922.